The zero-order valence-electron chi connectivity index (χ0n) is 10.9. The molecule has 1 nitrogen and oxygen atoms in total. The van der Waals surface area contributed by atoms with Crippen LogP contribution in [0.3, 0.4) is 0 Å². The van der Waals surface area contributed by atoms with Crippen molar-refractivity contribution < 1.29 is 5.11 Å². The Morgan fingerprint density at radius 2 is 1.56 bits per heavy atom. The van der Waals surface area contributed by atoms with Gasteiger partial charge in [0.15, 0.2) is 0 Å². The van der Waals surface area contributed by atoms with Crippen LogP contribution in [-0.4, -0.2) is 5.11 Å². The van der Waals surface area contributed by atoms with Crippen LogP contribution < -0.4 is 0 Å². The summed E-state index contributed by atoms with van der Waals surface area (Å²) in [4.78, 5) is 0. The van der Waals surface area contributed by atoms with Gasteiger partial charge in [-0.1, -0.05) is 46.2 Å². The predicted octanol–water partition coefficient (Wildman–Crippen LogP) is 4.57. The second-order valence-corrected chi connectivity index (χ2v) is 4.85. The van der Waals surface area contributed by atoms with E-state index < -0.39 is 0 Å². The molecular formula is C15H24O. The highest BCUT2D eigenvalue weighted by Gasteiger charge is 2.21. The van der Waals surface area contributed by atoms with Crippen molar-refractivity contribution in [2.75, 3.05) is 0 Å². The molecule has 0 aromatic heterocycles. The van der Waals surface area contributed by atoms with Crippen molar-refractivity contribution in [2.45, 2.75) is 46.5 Å². The monoisotopic (exact) mass is 220 g/mol. The van der Waals surface area contributed by atoms with Crippen LogP contribution in [0, 0.1) is 11.8 Å². The minimum absolute atomic E-state index is 0.356. The molecular weight excluding hydrogens is 196 g/mol. The van der Waals surface area contributed by atoms with Gasteiger partial charge >= 0.3 is 0 Å². The van der Waals surface area contributed by atoms with Crippen molar-refractivity contribution in [3.63, 3.8) is 0 Å². The molecule has 16 heavy (non-hydrogen) atoms. The van der Waals surface area contributed by atoms with E-state index >= 15 is 0 Å². The van der Waals surface area contributed by atoms with E-state index in [1.54, 1.807) is 12.1 Å². The molecule has 1 heteroatoms. The molecule has 0 aliphatic heterocycles. The zero-order valence-corrected chi connectivity index (χ0v) is 10.9. The number of hydrogen-bond donors (Lipinski definition) is 1. The SMILES string of the molecule is CCC(C)C(C)C(CC)c1ccc(O)cc1. The molecule has 0 aliphatic carbocycles. The molecule has 1 N–H and O–H groups in total. The zero-order chi connectivity index (χ0) is 12.1. The minimum Gasteiger partial charge on any atom is -0.508 e. The molecule has 0 spiro atoms. The smallest absolute Gasteiger partial charge is 0.115 e. The molecule has 1 aromatic rings. The number of benzene rings is 1. The van der Waals surface area contributed by atoms with E-state index in [-0.39, 0.29) is 0 Å². The fraction of sp³-hybridized carbons (Fsp3) is 0.600. The van der Waals surface area contributed by atoms with Crippen LogP contribution in [0.2, 0.25) is 0 Å². The second kappa shape index (κ2) is 5.93. The molecule has 0 saturated carbocycles. The van der Waals surface area contributed by atoms with E-state index in [0.29, 0.717) is 17.6 Å². The second-order valence-electron chi connectivity index (χ2n) is 4.85. The largest absolute Gasteiger partial charge is 0.508 e. The van der Waals surface area contributed by atoms with Crippen LogP contribution in [0.5, 0.6) is 5.75 Å². The van der Waals surface area contributed by atoms with Crippen molar-refractivity contribution in [1.29, 1.82) is 0 Å². The van der Waals surface area contributed by atoms with E-state index in [1.807, 2.05) is 0 Å². The van der Waals surface area contributed by atoms with Crippen LogP contribution in [0.1, 0.15) is 52.0 Å². The first-order chi connectivity index (χ1) is 7.60. The maximum absolute atomic E-state index is 9.31. The highest BCUT2D eigenvalue weighted by atomic mass is 16.3. The lowest BCUT2D eigenvalue weighted by molar-refractivity contribution is 0.310. The summed E-state index contributed by atoms with van der Waals surface area (Å²) < 4.78 is 0. The summed E-state index contributed by atoms with van der Waals surface area (Å²) in [7, 11) is 0. The van der Waals surface area contributed by atoms with E-state index in [1.165, 1.54) is 12.0 Å². The van der Waals surface area contributed by atoms with E-state index in [4.69, 9.17) is 0 Å². The molecule has 3 atom stereocenters. The fourth-order valence-electron chi connectivity index (χ4n) is 2.40. The van der Waals surface area contributed by atoms with Crippen molar-refractivity contribution in [2.24, 2.45) is 11.8 Å². The quantitative estimate of drug-likeness (QED) is 0.770. The van der Waals surface area contributed by atoms with Gasteiger partial charge in [0.25, 0.3) is 0 Å². The molecule has 0 aliphatic rings. The number of phenolic OH excluding ortho intramolecular Hbond substituents is 1. The number of phenols is 1. The molecule has 0 amide bonds. The minimum atomic E-state index is 0.356. The van der Waals surface area contributed by atoms with Gasteiger partial charge in [-0.15, -0.1) is 0 Å². The van der Waals surface area contributed by atoms with Gasteiger partial charge in [-0.3, -0.25) is 0 Å². The van der Waals surface area contributed by atoms with Gasteiger partial charge in [0.1, 0.15) is 5.75 Å². The first kappa shape index (κ1) is 13.1. The van der Waals surface area contributed by atoms with Gasteiger partial charge in [0.2, 0.25) is 0 Å². The Labute approximate surface area is 99.5 Å². The Bertz CT molecular complexity index is 302. The maximum atomic E-state index is 9.31. The van der Waals surface area contributed by atoms with Gasteiger partial charge in [0, 0.05) is 0 Å². The summed E-state index contributed by atoms with van der Waals surface area (Å²) >= 11 is 0. The molecule has 0 bridgehead atoms. The summed E-state index contributed by atoms with van der Waals surface area (Å²) in [5.74, 6) is 2.41. The van der Waals surface area contributed by atoms with Gasteiger partial charge in [-0.25, -0.2) is 0 Å². The average Bonchev–Trinajstić information content (AvgIpc) is 2.31. The van der Waals surface area contributed by atoms with Crippen LogP contribution in [0.25, 0.3) is 0 Å². The first-order valence-corrected chi connectivity index (χ1v) is 6.39. The first-order valence-electron chi connectivity index (χ1n) is 6.39. The average molecular weight is 220 g/mol. The lowest BCUT2D eigenvalue weighted by Gasteiger charge is -2.28. The topological polar surface area (TPSA) is 20.2 Å². The van der Waals surface area contributed by atoms with Crippen LogP contribution in [0.4, 0.5) is 0 Å². The molecule has 1 rings (SSSR count). The normalized spacial score (nSPS) is 16.8. The third-order valence-electron chi connectivity index (χ3n) is 3.94. The fourth-order valence-corrected chi connectivity index (χ4v) is 2.40. The van der Waals surface area contributed by atoms with Crippen molar-refractivity contribution in [1.82, 2.24) is 0 Å². The molecule has 0 fully saturated rings. The molecule has 0 radical (unpaired) electrons. The van der Waals surface area contributed by atoms with Gasteiger partial charge in [-0.2, -0.15) is 0 Å². The standard InChI is InChI=1S/C15H24O/c1-5-11(3)12(4)15(6-2)13-7-9-14(16)10-8-13/h7-12,15-16H,5-6H2,1-4H3. The summed E-state index contributed by atoms with van der Waals surface area (Å²) in [6, 6.07) is 7.70. The Kier molecular flexibility index (Phi) is 4.85. The van der Waals surface area contributed by atoms with Crippen LogP contribution in [-0.2, 0) is 0 Å². The molecule has 1 aromatic carbocycles. The summed E-state index contributed by atoms with van der Waals surface area (Å²) in [6.45, 7) is 9.17. The third kappa shape index (κ3) is 3.01. The van der Waals surface area contributed by atoms with E-state index in [2.05, 4.69) is 39.8 Å². The number of hydrogen-bond acceptors (Lipinski definition) is 1. The molecule has 90 valence electrons. The van der Waals surface area contributed by atoms with Gasteiger partial charge < -0.3 is 5.11 Å². The highest BCUT2D eigenvalue weighted by molar-refractivity contribution is 5.28. The van der Waals surface area contributed by atoms with Crippen LogP contribution >= 0.6 is 0 Å². The highest BCUT2D eigenvalue weighted by Crippen LogP contribution is 2.34. The lowest BCUT2D eigenvalue weighted by Crippen LogP contribution is -2.16. The number of aromatic hydroxyl groups is 1. The third-order valence-corrected chi connectivity index (χ3v) is 3.94. The predicted molar refractivity (Wildman–Crippen MR) is 69.8 cm³/mol. The van der Waals surface area contributed by atoms with Gasteiger partial charge in [-0.05, 0) is 41.9 Å². The van der Waals surface area contributed by atoms with Gasteiger partial charge in [0.05, 0.1) is 0 Å². The Balaban J connectivity index is 2.85. The van der Waals surface area contributed by atoms with E-state index in [9.17, 15) is 5.11 Å². The summed E-state index contributed by atoms with van der Waals surface area (Å²) in [6.07, 6.45) is 2.39. The lowest BCUT2D eigenvalue weighted by atomic mass is 9.77. The van der Waals surface area contributed by atoms with Crippen LogP contribution in [0.15, 0.2) is 24.3 Å². The van der Waals surface area contributed by atoms with Crippen molar-refractivity contribution in [3.05, 3.63) is 29.8 Å². The maximum Gasteiger partial charge on any atom is 0.115 e. The van der Waals surface area contributed by atoms with Crippen molar-refractivity contribution in [3.8, 4) is 5.75 Å². The number of rotatable bonds is 5. The van der Waals surface area contributed by atoms with E-state index in [0.717, 1.165) is 12.3 Å². The molecule has 3 unspecified atom stereocenters. The Morgan fingerprint density at radius 1 is 1.00 bits per heavy atom. The summed E-state index contributed by atoms with van der Waals surface area (Å²) in [5.41, 5.74) is 1.35. The summed E-state index contributed by atoms with van der Waals surface area (Å²) in [5, 5.41) is 9.31. The van der Waals surface area contributed by atoms with Crippen molar-refractivity contribution >= 4 is 0 Å². The Hall–Kier alpha value is -0.980. The molecule has 0 heterocycles. The Morgan fingerprint density at radius 3 is 2.00 bits per heavy atom. The molecule has 0 saturated heterocycles.